The predicted molar refractivity (Wildman–Crippen MR) is 45.4 cm³/mol. The smallest absolute Gasteiger partial charge is 0.328 e. The molecule has 0 aliphatic heterocycles. The fourth-order valence-corrected chi connectivity index (χ4v) is 0.143. The monoisotopic (exact) mass is 230 g/mol. The van der Waals surface area contributed by atoms with Crippen LogP contribution >= 0.6 is 6.72 Å². The van der Waals surface area contributed by atoms with Crippen LogP contribution in [0.15, 0.2) is 12.2 Å². The average molecular weight is 230 g/mol. The van der Waals surface area contributed by atoms with Crippen LogP contribution in [0.5, 0.6) is 0 Å². The molecule has 7 nitrogen and oxygen atoms in total. The zero-order valence-electron chi connectivity index (χ0n) is 6.06. The third-order valence-electron chi connectivity index (χ3n) is 0.368. The number of carbonyl (C=O) groups is 2. The quantitative estimate of drug-likeness (QED) is 0.298. The van der Waals surface area contributed by atoms with E-state index in [1.807, 2.05) is 0 Å². The molecule has 0 rings (SSSR count). The highest BCUT2D eigenvalue weighted by Gasteiger charge is 1.92. The fraction of sp³-hybridized carbons (Fsp3) is 0. The molecule has 0 saturated heterocycles. The number of rotatable bonds is 2. The molecule has 0 aromatic heterocycles. The van der Waals surface area contributed by atoms with Crippen LogP contribution in [0.25, 0.3) is 0 Å². The molecule has 0 atom stereocenters. The lowest BCUT2D eigenvalue weighted by Gasteiger charge is -1.88. The molecule has 76 valence electrons. The second kappa shape index (κ2) is 6.70. The van der Waals surface area contributed by atoms with E-state index in [4.69, 9.17) is 24.9 Å². The first-order chi connectivity index (χ1) is 5.63. The highest BCUT2D eigenvalue weighted by Crippen LogP contribution is 2.26. The number of aliphatic carboxylic acids is 2. The van der Waals surface area contributed by atoms with Crippen molar-refractivity contribution in [3.8, 4) is 0 Å². The lowest BCUT2D eigenvalue weighted by Crippen LogP contribution is -1.91. The van der Waals surface area contributed by atoms with Crippen LogP contribution in [0.1, 0.15) is 0 Å². The zero-order chi connectivity index (χ0) is 11.1. The first-order valence-corrected chi connectivity index (χ1v) is 5.21. The van der Waals surface area contributed by atoms with Gasteiger partial charge in [-0.2, -0.15) is 0 Å². The molecule has 0 aromatic carbocycles. The van der Waals surface area contributed by atoms with Crippen LogP contribution in [0, 0.1) is 0 Å². The summed E-state index contributed by atoms with van der Waals surface area (Å²) in [6.45, 7) is -3.81. The summed E-state index contributed by atoms with van der Waals surface area (Å²) in [7, 11) is 0. The van der Waals surface area contributed by atoms with Gasteiger partial charge in [0.1, 0.15) is 0 Å². The standard InChI is InChI=1S/C4H4O4.H3O3PS/c5-3(6)1-2-4(7)8;1-4(2,3)5/h1-2H,(H,5,6)(H,7,8);(H3,1,2,3,5)/b2-1+;. The molecule has 13 heavy (non-hydrogen) atoms. The van der Waals surface area contributed by atoms with E-state index in [0.29, 0.717) is 12.2 Å². The van der Waals surface area contributed by atoms with Crippen molar-refractivity contribution in [3.05, 3.63) is 12.2 Å². The molecule has 0 radical (unpaired) electrons. The van der Waals surface area contributed by atoms with Crippen molar-refractivity contribution in [2.75, 3.05) is 0 Å². The average Bonchev–Trinajstić information content (AvgIpc) is 1.79. The molecule has 0 aliphatic carbocycles. The van der Waals surface area contributed by atoms with Crippen molar-refractivity contribution < 1.29 is 34.5 Å². The van der Waals surface area contributed by atoms with E-state index in [1.54, 1.807) is 0 Å². The number of carboxylic acid groups (broad SMARTS) is 2. The lowest BCUT2D eigenvalue weighted by atomic mass is 10.5. The molecule has 5 N–H and O–H groups in total. The van der Waals surface area contributed by atoms with Crippen LogP contribution in [-0.2, 0) is 21.4 Å². The predicted octanol–water partition coefficient (Wildman–Crippen LogP) is -1.10. The van der Waals surface area contributed by atoms with Crippen LogP contribution < -0.4 is 0 Å². The molecule has 0 spiro atoms. The van der Waals surface area contributed by atoms with Crippen LogP contribution in [0.2, 0.25) is 0 Å². The molecule has 0 saturated carbocycles. The minimum Gasteiger partial charge on any atom is -0.478 e. The van der Waals surface area contributed by atoms with Gasteiger partial charge in [0, 0.05) is 12.2 Å². The van der Waals surface area contributed by atoms with E-state index < -0.39 is 18.7 Å². The summed E-state index contributed by atoms with van der Waals surface area (Å²) in [5.74, 6) is -2.51. The van der Waals surface area contributed by atoms with Gasteiger partial charge < -0.3 is 24.9 Å². The van der Waals surface area contributed by atoms with E-state index in [0.717, 1.165) is 0 Å². The molecular weight excluding hydrogens is 223 g/mol. The summed E-state index contributed by atoms with van der Waals surface area (Å²) >= 11 is 3.60. The van der Waals surface area contributed by atoms with Crippen LogP contribution in [0.3, 0.4) is 0 Å². The Balaban J connectivity index is 0. The minimum atomic E-state index is -3.81. The number of carboxylic acids is 2. The highest BCUT2D eigenvalue weighted by molar-refractivity contribution is 8.06. The Kier molecular flexibility index (Phi) is 7.58. The van der Waals surface area contributed by atoms with Gasteiger partial charge in [-0.1, -0.05) is 0 Å². The summed E-state index contributed by atoms with van der Waals surface area (Å²) in [6, 6.07) is 0. The maximum absolute atomic E-state index is 9.55. The molecule has 0 aliphatic rings. The van der Waals surface area contributed by atoms with E-state index in [1.165, 1.54) is 0 Å². The van der Waals surface area contributed by atoms with Crippen LogP contribution in [-0.4, -0.2) is 36.8 Å². The van der Waals surface area contributed by atoms with Crippen molar-refractivity contribution in [1.82, 2.24) is 0 Å². The Morgan fingerprint density at radius 1 is 1.00 bits per heavy atom. The molecule has 0 heterocycles. The van der Waals surface area contributed by atoms with Gasteiger partial charge in [0.15, 0.2) is 0 Å². The van der Waals surface area contributed by atoms with Gasteiger partial charge in [0.25, 0.3) is 0 Å². The topological polar surface area (TPSA) is 135 Å². The van der Waals surface area contributed by atoms with Crippen molar-refractivity contribution in [2.24, 2.45) is 0 Å². The van der Waals surface area contributed by atoms with Crippen molar-refractivity contribution in [2.45, 2.75) is 0 Å². The van der Waals surface area contributed by atoms with Gasteiger partial charge in [-0.25, -0.2) is 9.59 Å². The van der Waals surface area contributed by atoms with E-state index in [2.05, 4.69) is 11.8 Å². The third kappa shape index (κ3) is 53.6. The minimum absolute atomic E-state index is 0.558. The molecule has 0 fully saturated rings. The first kappa shape index (κ1) is 14.7. The Hall–Kier alpha value is -0.790. The van der Waals surface area contributed by atoms with Gasteiger partial charge in [0.2, 0.25) is 0 Å². The highest BCUT2D eigenvalue weighted by atomic mass is 32.5. The molecule has 0 unspecified atom stereocenters. The van der Waals surface area contributed by atoms with Crippen molar-refractivity contribution in [1.29, 1.82) is 0 Å². The maximum Gasteiger partial charge on any atom is 0.328 e. The largest absolute Gasteiger partial charge is 0.478 e. The Morgan fingerprint density at radius 3 is 1.23 bits per heavy atom. The van der Waals surface area contributed by atoms with Gasteiger partial charge >= 0.3 is 18.7 Å². The summed E-state index contributed by atoms with van der Waals surface area (Å²) in [5, 5.41) is 15.6. The zero-order valence-corrected chi connectivity index (χ0v) is 7.77. The summed E-state index contributed by atoms with van der Waals surface area (Å²) in [6.07, 6.45) is 1.12. The second-order valence-corrected chi connectivity index (χ2v) is 4.02. The van der Waals surface area contributed by atoms with Crippen molar-refractivity contribution in [3.63, 3.8) is 0 Å². The van der Waals surface area contributed by atoms with Gasteiger partial charge in [-0.3, -0.25) is 0 Å². The summed E-state index contributed by atoms with van der Waals surface area (Å²) in [4.78, 5) is 41.8. The van der Waals surface area contributed by atoms with Gasteiger partial charge in [-0.05, 0) is 11.8 Å². The third-order valence-corrected chi connectivity index (χ3v) is 0.368. The van der Waals surface area contributed by atoms with Crippen LogP contribution in [0.4, 0.5) is 0 Å². The number of hydrogen-bond acceptors (Lipinski definition) is 3. The van der Waals surface area contributed by atoms with E-state index in [-0.39, 0.29) is 0 Å². The molecule has 0 amide bonds. The molecule has 0 aromatic rings. The molecular formula is C4H7O7PS. The van der Waals surface area contributed by atoms with E-state index in [9.17, 15) is 9.59 Å². The molecule has 9 heteroatoms. The SMILES string of the molecule is O=C(O)/C=C/C(=O)O.OP(O)(O)=S. The first-order valence-electron chi connectivity index (χ1n) is 2.55. The number of hydrogen-bond donors (Lipinski definition) is 5. The van der Waals surface area contributed by atoms with Crippen molar-refractivity contribution >= 4 is 30.5 Å². The second-order valence-electron chi connectivity index (χ2n) is 1.52. The van der Waals surface area contributed by atoms with E-state index >= 15 is 0 Å². The maximum atomic E-state index is 9.55. The Labute approximate surface area is 77.8 Å². The van der Waals surface area contributed by atoms with Gasteiger partial charge in [-0.15, -0.1) is 0 Å². The Morgan fingerprint density at radius 2 is 1.15 bits per heavy atom. The normalized spacial score (nSPS) is 10.4. The Bertz CT molecular complexity index is 229. The summed E-state index contributed by atoms with van der Waals surface area (Å²) in [5.41, 5.74) is 0. The fourth-order valence-electron chi connectivity index (χ4n) is 0.143. The molecule has 0 bridgehead atoms. The van der Waals surface area contributed by atoms with Gasteiger partial charge in [0.05, 0.1) is 0 Å². The summed E-state index contributed by atoms with van der Waals surface area (Å²) < 4.78 is 0. The lowest BCUT2D eigenvalue weighted by molar-refractivity contribution is -0.134.